The molecule has 2 N–H and O–H groups in total. The molecule has 3 rings (SSSR count). The average Bonchev–Trinajstić information content (AvgIpc) is 3.11. The average molecular weight is 318 g/mol. The maximum Gasteiger partial charge on any atom is 0.250 e. The van der Waals surface area contributed by atoms with E-state index in [1.165, 1.54) is 16.9 Å². The number of pyridine rings is 2. The minimum absolute atomic E-state index is 0.132. The van der Waals surface area contributed by atoms with E-state index in [0.717, 1.165) is 5.56 Å². The van der Waals surface area contributed by atoms with Gasteiger partial charge in [0.2, 0.25) is 0 Å². The second kappa shape index (κ2) is 6.26. The summed E-state index contributed by atoms with van der Waals surface area (Å²) in [6.45, 7) is 4.04. The maximum atomic E-state index is 11.9. The van der Waals surface area contributed by atoms with Crippen molar-refractivity contribution in [3.63, 3.8) is 0 Å². The Morgan fingerprint density at radius 3 is 2.92 bits per heavy atom. The van der Waals surface area contributed by atoms with Gasteiger partial charge < -0.3 is 14.7 Å². The maximum absolute atomic E-state index is 11.9. The van der Waals surface area contributed by atoms with Crippen LogP contribution in [0, 0.1) is 11.3 Å². The topological polar surface area (TPSA) is 97.8 Å². The lowest BCUT2D eigenvalue weighted by Crippen LogP contribution is -2.17. The first kappa shape index (κ1) is 15.3. The smallest absolute Gasteiger partial charge is 0.250 e. The molecule has 0 saturated heterocycles. The van der Waals surface area contributed by atoms with E-state index in [4.69, 9.17) is 10.2 Å². The largest absolute Gasteiger partial charge is 0.463 e. The van der Waals surface area contributed by atoms with Crippen LogP contribution in [-0.2, 0) is 6.54 Å². The van der Waals surface area contributed by atoms with Gasteiger partial charge >= 0.3 is 0 Å². The third-order valence-corrected chi connectivity index (χ3v) is 3.55. The Balaban J connectivity index is 2.27. The van der Waals surface area contributed by atoms with E-state index in [2.05, 4.69) is 11.6 Å². The number of aromatic nitrogens is 2. The van der Waals surface area contributed by atoms with Crippen molar-refractivity contribution in [1.82, 2.24) is 9.55 Å². The fourth-order valence-electron chi connectivity index (χ4n) is 2.41. The van der Waals surface area contributed by atoms with Crippen LogP contribution in [-0.4, -0.2) is 9.55 Å². The van der Waals surface area contributed by atoms with Gasteiger partial charge in [-0.15, -0.1) is 6.58 Å². The summed E-state index contributed by atoms with van der Waals surface area (Å²) in [5, 5.41) is 9.23. The van der Waals surface area contributed by atoms with Crippen LogP contribution in [0.2, 0.25) is 0 Å². The molecule has 0 radical (unpaired) electrons. The molecule has 0 bridgehead atoms. The van der Waals surface area contributed by atoms with Crippen molar-refractivity contribution >= 4 is 5.82 Å². The van der Waals surface area contributed by atoms with Crippen LogP contribution < -0.4 is 11.3 Å². The van der Waals surface area contributed by atoms with Gasteiger partial charge in [-0.05, 0) is 24.3 Å². The van der Waals surface area contributed by atoms with Crippen LogP contribution in [0.15, 0.2) is 64.7 Å². The molecule has 0 aliphatic heterocycles. The number of furan rings is 1. The molecule has 0 unspecified atom stereocenters. The number of rotatable bonds is 4. The van der Waals surface area contributed by atoms with Crippen molar-refractivity contribution in [2.24, 2.45) is 0 Å². The summed E-state index contributed by atoms with van der Waals surface area (Å²) < 4.78 is 6.95. The predicted molar refractivity (Wildman–Crippen MR) is 91.0 cm³/mol. The van der Waals surface area contributed by atoms with Gasteiger partial charge in [0.05, 0.1) is 11.8 Å². The Morgan fingerprint density at radius 2 is 2.25 bits per heavy atom. The van der Waals surface area contributed by atoms with Gasteiger partial charge in [-0.3, -0.25) is 4.79 Å². The van der Waals surface area contributed by atoms with E-state index in [0.29, 0.717) is 23.6 Å². The number of nitriles is 1. The van der Waals surface area contributed by atoms with Crippen LogP contribution in [0.1, 0.15) is 5.56 Å². The van der Waals surface area contributed by atoms with Crippen molar-refractivity contribution in [3.05, 3.63) is 71.4 Å². The highest BCUT2D eigenvalue weighted by molar-refractivity contribution is 5.81. The van der Waals surface area contributed by atoms with Crippen LogP contribution in [0.5, 0.6) is 0 Å². The molecule has 3 aromatic heterocycles. The minimum atomic E-state index is -0.137. The fraction of sp³-hybridized carbons (Fsp3) is 0.0556. The Labute approximate surface area is 138 Å². The Bertz CT molecular complexity index is 995. The number of nitrogens with zero attached hydrogens (tertiary/aromatic N) is 3. The van der Waals surface area contributed by atoms with E-state index >= 15 is 0 Å². The van der Waals surface area contributed by atoms with Gasteiger partial charge in [0.15, 0.2) is 5.76 Å². The Morgan fingerprint density at radius 1 is 1.42 bits per heavy atom. The summed E-state index contributed by atoms with van der Waals surface area (Å²) in [6.07, 6.45) is 4.87. The lowest BCUT2D eigenvalue weighted by Gasteiger charge is -2.11. The highest BCUT2D eigenvalue weighted by Gasteiger charge is 2.16. The quantitative estimate of drug-likeness (QED) is 0.746. The zero-order valence-electron chi connectivity index (χ0n) is 12.8. The van der Waals surface area contributed by atoms with Gasteiger partial charge in [0.25, 0.3) is 5.56 Å². The number of nitrogen functional groups attached to an aromatic ring is 1. The molecule has 0 spiro atoms. The van der Waals surface area contributed by atoms with Crippen molar-refractivity contribution in [3.8, 4) is 28.7 Å². The van der Waals surface area contributed by atoms with Gasteiger partial charge in [-0.1, -0.05) is 6.08 Å². The van der Waals surface area contributed by atoms with E-state index in [1.54, 1.807) is 36.5 Å². The SMILES string of the molecule is C=CCn1cc(-c2cc(C#N)c(N)nc2-c2ccco2)ccc1=O. The molecule has 3 heterocycles. The summed E-state index contributed by atoms with van der Waals surface area (Å²) in [7, 11) is 0. The molecule has 0 aliphatic carbocycles. The van der Waals surface area contributed by atoms with Gasteiger partial charge in [0.1, 0.15) is 17.6 Å². The lowest BCUT2D eigenvalue weighted by molar-refractivity contribution is 0.580. The molecule has 6 nitrogen and oxygen atoms in total. The van der Waals surface area contributed by atoms with Crippen molar-refractivity contribution < 1.29 is 4.42 Å². The minimum Gasteiger partial charge on any atom is -0.463 e. The van der Waals surface area contributed by atoms with Crippen molar-refractivity contribution in [2.75, 3.05) is 5.73 Å². The second-order valence-corrected chi connectivity index (χ2v) is 5.10. The first-order valence-corrected chi connectivity index (χ1v) is 7.20. The number of anilines is 1. The summed E-state index contributed by atoms with van der Waals surface area (Å²) in [5.74, 6) is 0.662. The van der Waals surface area contributed by atoms with E-state index in [9.17, 15) is 10.1 Å². The highest BCUT2D eigenvalue weighted by Crippen LogP contribution is 2.32. The van der Waals surface area contributed by atoms with Crippen LogP contribution in [0.25, 0.3) is 22.6 Å². The van der Waals surface area contributed by atoms with Crippen molar-refractivity contribution in [1.29, 1.82) is 5.26 Å². The molecule has 0 amide bonds. The third-order valence-electron chi connectivity index (χ3n) is 3.55. The Kier molecular flexibility index (Phi) is 4.00. The highest BCUT2D eigenvalue weighted by atomic mass is 16.3. The zero-order valence-corrected chi connectivity index (χ0v) is 12.8. The molecule has 0 aromatic carbocycles. The Hall–Kier alpha value is -3.59. The van der Waals surface area contributed by atoms with Gasteiger partial charge in [-0.2, -0.15) is 5.26 Å². The third kappa shape index (κ3) is 2.71. The lowest BCUT2D eigenvalue weighted by atomic mass is 10.0. The van der Waals surface area contributed by atoms with E-state index in [-0.39, 0.29) is 16.9 Å². The number of nitrogens with two attached hydrogens (primary N) is 1. The first-order chi connectivity index (χ1) is 11.6. The summed E-state index contributed by atoms with van der Waals surface area (Å²) in [5.41, 5.74) is 7.87. The fourth-order valence-corrected chi connectivity index (χ4v) is 2.41. The standard InChI is InChI=1S/C18H14N4O2/c1-2-7-22-11-12(5-6-16(22)23)14-9-13(10-19)18(20)21-17(14)15-4-3-8-24-15/h2-6,8-9,11H,1,7H2,(H2,20,21). The van der Waals surface area contributed by atoms with Gasteiger partial charge in [0, 0.05) is 29.9 Å². The van der Waals surface area contributed by atoms with Crippen LogP contribution in [0.4, 0.5) is 5.82 Å². The number of hydrogen-bond acceptors (Lipinski definition) is 5. The first-order valence-electron chi connectivity index (χ1n) is 7.20. The molecule has 118 valence electrons. The molecule has 0 atom stereocenters. The van der Waals surface area contributed by atoms with E-state index < -0.39 is 0 Å². The number of allylic oxidation sites excluding steroid dienone is 1. The second-order valence-electron chi connectivity index (χ2n) is 5.10. The summed E-state index contributed by atoms with van der Waals surface area (Å²) in [6, 6.07) is 10.3. The molecular formula is C18H14N4O2. The normalized spacial score (nSPS) is 10.3. The zero-order chi connectivity index (χ0) is 17.1. The molecule has 6 heteroatoms. The van der Waals surface area contributed by atoms with Crippen molar-refractivity contribution in [2.45, 2.75) is 6.54 Å². The summed E-state index contributed by atoms with van der Waals surface area (Å²) >= 11 is 0. The predicted octanol–water partition coefficient (Wildman–Crippen LogP) is 2.81. The van der Waals surface area contributed by atoms with Crippen LogP contribution in [0.3, 0.4) is 0 Å². The van der Waals surface area contributed by atoms with Crippen LogP contribution >= 0.6 is 0 Å². The monoisotopic (exact) mass is 318 g/mol. The van der Waals surface area contributed by atoms with E-state index in [1.807, 2.05) is 6.07 Å². The molecule has 0 aliphatic rings. The molecular weight excluding hydrogens is 304 g/mol. The van der Waals surface area contributed by atoms with Gasteiger partial charge in [-0.25, -0.2) is 4.98 Å². The molecule has 0 saturated carbocycles. The molecule has 3 aromatic rings. The molecule has 0 fully saturated rings. The summed E-state index contributed by atoms with van der Waals surface area (Å²) in [4.78, 5) is 16.2. The molecule has 24 heavy (non-hydrogen) atoms. The number of hydrogen-bond donors (Lipinski definition) is 1.